The maximum atomic E-state index is 12.5. The molecule has 6 nitrogen and oxygen atoms in total. The molecule has 2 aliphatic heterocycles. The van der Waals surface area contributed by atoms with Crippen LogP contribution >= 0.6 is 0 Å². The van der Waals surface area contributed by atoms with Crippen LogP contribution in [0.2, 0.25) is 0 Å². The van der Waals surface area contributed by atoms with Gasteiger partial charge in [-0.25, -0.2) is 4.79 Å². The SMILES string of the molecule is COc1cc2c(cc1OC)CN(C(=O)NCCN1CCC(C)CC1)CC2. The minimum atomic E-state index is 0.0239. The molecule has 26 heavy (non-hydrogen) atoms. The summed E-state index contributed by atoms with van der Waals surface area (Å²) in [5.41, 5.74) is 2.36. The summed E-state index contributed by atoms with van der Waals surface area (Å²) in [4.78, 5) is 16.8. The molecule has 1 N–H and O–H groups in total. The molecule has 1 aromatic carbocycles. The number of rotatable bonds is 5. The molecule has 0 aliphatic carbocycles. The highest BCUT2D eigenvalue weighted by Gasteiger charge is 2.23. The molecule has 3 rings (SSSR count). The second-order valence-corrected chi connectivity index (χ2v) is 7.40. The molecule has 1 aromatic rings. The van der Waals surface area contributed by atoms with E-state index in [1.165, 1.54) is 18.4 Å². The number of amides is 2. The van der Waals surface area contributed by atoms with Crippen LogP contribution in [0.15, 0.2) is 12.1 Å². The minimum absolute atomic E-state index is 0.0239. The molecule has 0 unspecified atom stereocenters. The van der Waals surface area contributed by atoms with Crippen LogP contribution < -0.4 is 14.8 Å². The van der Waals surface area contributed by atoms with Crippen LogP contribution in [0.25, 0.3) is 0 Å². The molecule has 0 saturated carbocycles. The van der Waals surface area contributed by atoms with E-state index in [1.54, 1.807) is 14.2 Å². The molecule has 2 aliphatic rings. The number of benzene rings is 1. The third-order valence-electron chi connectivity index (χ3n) is 5.59. The van der Waals surface area contributed by atoms with E-state index in [0.29, 0.717) is 18.8 Å². The number of methoxy groups -OCH3 is 2. The van der Waals surface area contributed by atoms with Crippen LogP contribution in [-0.4, -0.2) is 62.8 Å². The minimum Gasteiger partial charge on any atom is -0.493 e. The van der Waals surface area contributed by atoms with E-state index in [-0.39, 0.29) is 6.03 Å². The van der Waals surface area contributed by atoms with Crippen molar-refractivity contribution < 1.29 is 14.3 Å². The zero-order chi connectivity index (χ0) is 18.5. The Bertz CT molecular complexity index is 627. The predicted molar refractivity (Wildman–Crippen MR) is 102 cm³/mol. The van der Waals surface area contributed by atoms with Crippen molar-refractivity contribution in [2.24, 2.45) is 5.92 Å². The number of piperidine rings is 1. The fraction of sp³-hybridized carbons (Fsp3) is 0.650. The molecular weight excluding hydrogens is 330 g/mol. The second kappa shape index (κ2) is 8.62. The summed E-state index contributed by atoms with van der Waals surface area (Å²) in [5, 5.41) is 3.08. The lowest BCUT2D eigenvalue weighted by atomic mass is 9.99. The lowest BCUT2D eigenvalue weighted by Crippen LogP contribution is -2.45. The Kier molecular flexibility index (Phi) is 6.25. The van der Waals surface area contributed by atoms with E-state index in [4.69, 9.17) is 9.47 Å². The largest absolute Gasteiger partial charge is 0.493 e. The molecule has 2 heterocycles. The van der Waals surface area contributed by atoms with Gasteiger partial charge in [-0.15, -0.1) is 0 Å². The first-order valence-electron chi connectivity index (χ1n) is 9.59. The summed E-state index contributed by atoms with van der Waals surface area (Å²) in [6, 6.07) is 4.04. The van der Waals surface area contributed by atoms with Crippen LogP contribution in [0.3, 0.4) is 0 Å². The number of hydrogen-bond acceptors (Lipinski definition) is 4. The highest BCUT2D eigenvalue weighted by Crippen LogP contribution is 2.33. The maximum absolute atomic E-state index is 12.5. The average Bonchev–Trinajstić information content (AvgIpc) is 2.67. The molecule has 0 atom stereocenters. The van der Waals surface area contributed by atoms with Crippen molar-refractivity contribution in [1.29, 1.82) is 0 Å². The molecule has 6 heteroatoms. The van der Waals surface area contributed by atoms with Gasteiger partial charge in [0.1, 0.15) is 0 Å². The summed E-state index contributed by atoms with van der Waals surface area (Å²) >= 11 is 0. The summed E-state index contributed by atoms with van der Waals surface area (Å²) in [6.07, 6.45) is 3.37. The van der Waals surface area contributed by atoms with Gasteiger partial charge in [-0.05, 0) is 61.5 Å². The molecule has 144 valence electrons. The summed E-state index contributed by atoms with van der Waals surface area (Å²) in [6.45, 7) is 7.61. The van der Waals surface area contributed by atoms with Gasteiger partial charge in [0.15, 0.2) is 11.5 Å². The van der Waals surface area contributed by atoms with Gasteiger partial charge in [0.05, 0.1) is 14.2 Å². The molecule has 0 radical (unpaired) electrons. The van der Waals surface area contributed by atoms with Gasteiger partial charge < -0.3 is 24.6 Å². The third-order valence-corrected chi connectivity index (χ3v) is 5.59. The van der Waals surface area contributed by atoms with Crippen molar-refractivity contribution in [3.63, 3.8) is 0 Å². The highest BCUT2D eigenvalue weighted by molar-refractivity contribution is 5.74. The highest BCUT2D eigenvalue weighted by atomic mass is 16.5. The first-order valence-corrected chi connectivity index (χ1v) is 9.59. The smallest absolute Gasteiger partial charge is 0.317 e. The zero-order valence-corrected chi connectivity index (χ0v) is 16.2. The number of urea groups is 1. The third kappa shape index (κ3) is 4.41. The van der Waals surface area contributed by atoms with Crippen LogP contribution in [0.1, 0.15) is 30.9 Å². The molecule has 0 aromatic heterocycles. The lowest BCUT2D eigenvalue weighted by molar-refractivity contribution is 0.178. The fourth-order valence-corrected chi connectivity index (χ4v) is 3.77. The van der Waals surface area contributed by atoms with Crippen LogP contribution in [0.4, 0.5) is 4.79 Å². The Morgan fingerprint density at radius 3 is 2.42 bits per heavy atom. The Morgan fingerprint density at radius 1 is 1.12 bits per heavy atom. The summed E-state index contributed by atoms with van der Waals surface area (Å²) < 4.78 is 10.8. The average molecular weight is 361 g/mol. The van der Waals surface area contributed by atoms with Crippen LogP contribution in [0, 0.1) is 5.92 Å². The molecule has 1 saturated heterocycles. The molecule has 0 bridgehead atoms. The molecule has 1 fully saturated rings. The van der Waals surface area contributed by atoms with Crippen molar-refractivity contribution in [2.45, 2.75) is 32.7 Å². The van der Waals surface area contributed by atoms with Gasteiger partial charge in [-0.1, -0.05) is 6.92 Å². The normalized spacial score (nSPS) is 18.3. The van der Waals surface area contributed by atoms with E-state index in [1.807, 2.05) is 17.0 Å². The predicted octanol–water partition coefficient (Wildman–Crippen LogP) is 2.50. The van der Waals surface area contributed by atoms with E-state index in [0.717, 1.165) is 49.8 Å². The number of likely N-dealkylation sites (tertiary alicyclic amines) is 1. The Morgan fingerprint density at radius 2 is 1.77 bits per heavy atom. The van der Waals surface area contributed by atoms with Crippen LogP contribution in [0.5, 0.6) is 11.5 Å². The van der Waals surface area contributed by atoms with Crippen molar-refractivity contribution in [3.8, 4) is 11.5 Å². The van der Waals surface area contributed by atoms with Gasteiger partial charge in [0.25, 0.3) is 0 Å². The molecule has 0 spiro atoms. The van der Waals surface area contributed by atoms with E-state index >= 15 is 0 Å². The topological polar surface area (TPSA) is 54.0 Å². The van der Waals surface area contributed by atoms with Gasteiger partial charge in [0, 0.05) is 26.2 Å². The molecular formula is C20H31N3O3. The van der Waals surface area contributed by atoms with Crippen molar-refractivity contribution in [2.75, 3.05) is 46.9 Å². The monoisotopic (exact) mass is 361 g/mol. The zero-order valence-electron chi connectivity index (χ0n) is 16.2. The van der Waals surface area contributed by atoms with Gasteiger partial charge in [-0.2, -0.15) is 0 Å². The first-order chi connectivity index (χ1) is 12.6. The number of hydrogen-bond donors (Lipinski definition) is 1. The number of fused-ring (bicyclic) bond motifs is 1. The maximum Gasteiger partial charge on any atom is 0.317 e. The second-order valence-electron chi connectivity index (χ2n) is 7.40. The number of carbonyl (C=O) groups is 1. The number of nitrogens with zero attached hydrogens (tertiary/aromatic N) is 2. The quantitative estimate of drug-likeness (QED) is 0.876. The van der Waals surface area contributed by atoms with Crippen molar-refractivity contribution in [1.82, 2.24) is 15.1 Å². The summed E-state index contributed by atoms with van der Waals surface area (Å²) in [7, 11) is 3.29. The van der Waals surface area contributed by atoms with E-state index < -0.39 is 0 Å². The first kappa shape index (κ1) is 18.8. The Hall–Kier alpha value is -1.95. The van der Waals surface area contributed by atoms with E-state index in [2.05, 4.69) is 17.1 Å². The van der Waals surface area contributed by atoms with Crippen LogP contribution in [-0.2, 0) is 13.0 Å². The van der Waals surface area contributed by atoms with Gasteiger partial charge >= 0.3 is 6.03 Å². The lowest BCUT2D eigenvalue weighted by Gasteiger charge is -2.32. The number of nitrogens with one attached hydrogen (secondary N) is 1. The summed E-state index contributed by atoms with van der Waals surface area (Å²) in [5.74, 6) is 2.30. The number of carbonyl (C=O) groups excluding carboxylic acids is 1. The Balaban J connectivity index is 1.50. The van der Waals surface area contributed by atoms with Crippen molar-refractivity contribution >= 4 is 6.03 Å². The molecule has 2 amide bonds. The van der Waals surface area contributed by atoms with Crippen molar-refractivity contribution in [3.05, 3.63) is 23.3 Å². The van der Waals surface area contributed by atoms with E-state index in [9.17, 15) is 4.79 Å². The van der Waals surface area contributed by atoms with Gasteiger partial charge in [0.2, 0.25) is 0 Å². The fourth-order valence-electron chi connectivity index (χ4n) is 3.77. The standard InChI is InChI=1S/C20H31N3O3/c1-15-4-8-22(9-5-15)11-7-21-20(24)23-10-6-16-12-18(25-2)19(26-3)13-17(16)14-23/h12-13,15H,4-11,14H2,1-3H3,(H,21,24). The van der Waals surface area contributed by atoms with Gasteiger partial charge in [-0.3, -0.25) is 0 Å². The number of ether oxygens (including phenoxy) is 2. The Labute approximate surface area is 156 Å².